The van der Waals surface area contributed by atoms with Crippen LogP contribution >= 0.6 is 12.4 Å². The molecule has 6 heteroatoms. The third-order valence-electron chi connectivity index (χ3n) is 3.35. The van der Waals surface area contributed by atoms with Crippen molar-refractivity contribution in [3.8, 4) is 0 Å². The molecule has 1 atom stereocenters. The number of carbonyl (C=O) groups is 2. The normalized spacial score (nSPS) is 23.1. The van der Waals surface area contributed by atoms with Gasteiger partial charge in [-0.3, -0.25) is 9.59 Å². The number of halogens is 1. The number of amides is 1. The highest BCUT2D eigenvalue weighted by molar-refractivity contribution is 5.85. The number of ether oxygens (including phenoxy) is 1. The molecular formula is C12H23ClN2O3. The zero-order valence-corrected chi connectivity index (χ0v) is 12.3. The molecule has 0 saturated carbocycles. The van der Waals surface area contributed by atoms with Gasteiger partial charge in [0.1, 0.15) is 0 Å². The second-order valence-electron chi connectivity index (χ2n) is 5.55. The van der Waals surface area contributed by atoms with Crippen LogP contribution in [0.5, 0.6) is 0 Å². The maximum Gasteiger partial charge on any atom is 0.313 e. The summed E-state index contributed by atoms with van der Waals surface area (Å²) in [5, 5.41) is 6.01. The average molecular weight is 279 g/mol. The molecule has 1 heterocycles. The Kier molecular flexibility index (Phi) is 6.10. The summed E-state index contributed by atoms with van der Waals surface area (Å²) in [5.41, 5.74) is -1.04. The third-order valence-corrected chi connectivity index (χ3v) is 3.35. The van der Waals surface area contributed by atoms with Crippen molar-refractivity contribution in [3.63, 3.8) is 0 Å². The summed E-state index contributed by atoms with van der Waals surface area (Å²) in [4.78, 5) is 23.5. The molecule has 1 saturated heterocycles. The summed E-state index contributed by atoms with van der Waals surface area (Å²) < 4.78 is 4.70. The van der Waals surface area contributed by atoms with Crippen molar-refractivity contribution in [2.24, 2.45) is 10.8 Å². The lowest BCUT2D eigenvalue weighted by atomic mass is 9.87. The molecule has 1 aliphatic heterocycles. The Hall–Kier alpha value is -0.810. The van der Waals surface area contributed by atoms with Crippen molar-refractivity contribution >= 4 is 24.3 Å². The van der Waals surface area contributed by atoms with E-state index in [0.717, 1.165) is 13.0 Å². The van der Waals surface area contributed by atoms with Crippen LogP contribution < -0.4 is 10.6 Å². The minimum Gasteiger partial charge on any atom is -0.469 e. The molecule has 0 spiro atoms. The average Bonchev–Trinajstić information content (AvgIpc) is 2.73. The molecule has 1 unspecified atom stereocenters. The van der Waals surface area contributed by atoms with E-state index in [4.69, 9.17) is 4.74 Å². The van der Waals surface area contributed by atoms with E-state index in [1.165, 1.54) is 7.11 Å². The first-order valence-corrected chi connectivity index (χ1v) is 5.89. The largest absolute Gasteiger partial charge is 0.469 e. The van der Waals surface area contributed by atoms with Crippen LogP contribution in [0, 0.1) is 10.8 Å². The van der Waals surface area contributed by atoms with Gasteiger partial charge in [-0.25, -0.2) is 0 Å². The molecule has 1 aliphatic rings. The lowest BCUT2D eigenvalue weighted by Gasteiger charge is -2.26. The summed E-state index contributed by atoms with van der Waals surface area (Å²) in [6, 6.07) is 0. The van der Waals surface area contributed by atoms with Gasteiger partial charge in [0.2, 0.25) is 5.91 Å². The predicted octanol–water partition coefficient (Wildman–Crippen LogP) is 0.723. The molecule has 0 radical (unpaired) electrons. The van der Waals surface area contributed by atoms with Crippen LogP contribution in [-0.4, -0.2) is 38.6 Å². The molecule has 1 fully saturated rings. The summed E-state index contributed by atoms with van der Waals surface area (Å²) in [6.07, 6.45) is 0.831. The first-order chi connectivity index (χ1) is 7.82. The molecule has 1 rings (SSSR count). The molecule has 0 bridgehead atoms. The van der Waals surface area contributed by atoms with Crippen molar-refractivity contribution in [2.45, 2.75) is 27.2 Å². The first kappa shape index (κ1) is 17.2. The van der Waals surface area contributed by atoms with Crippen molar-refractivity contribution < 1.29 is 14.3 Å². The summed E-state index contributed by atoms with van der Waals surface area (Å²) in [6.45, 7) is 7.31. The molecule has 1 amide bonds. The van der Waals surface area contributed by atoms with Gasteiger partial charge in [0.25, 0.3) is 0 Å². The SMILES string of the molecule is COC(=O)C(C)(C)CNC(=O)C1(C)CCNC1.Cl. The van der Waals surface area contributed by atoms with Crippen LogP contribution in [-0.2, 0) is 14.3 Å². The highest BCUT2D eigenvalue weighted by Gasteiger charge is 2.38. The lowest BCUT2D eigenvalue weighted by molar-refractivity contribution is -0.150. The molecule has 0 aromatic carbocycles. The van der Waals surface area contributed by atoms with Gasteiger partial charge in [0.05, 0.1) is 17.9 Å². The second-order valence-corrected chi connectivity index (χ2v) is 5.55. The number of nitrogens with one attached hydrogen (secondary N) is 2. The number of hydrogen-bond acceptors (Lipinski definition) is 4. The van der Waals surface area contributed by atoms with E-state index in [2.05, 4.69) is 10.6 Å². The van der Waals surface area contributed by atoms with Crippen molar-refractivity contribution in [3.05, 3.63) is 0 Å². The van der Waals surface area contributed by atoms with Gasteiger partial charge in [-0.15, -0.1) is 12.4 Å². The van der Waals surface area contributed by atoms with Gasteiger partial charge in [0, 0.05) is 13.1 Å². The van der Waals surface area contributed by atoms with E-state index in [9.17, 15) is 9.59 Å². The third kappa shape index (κ3) is 3.85. The maximum absolute atomic E-state index is 12.0. The Balaban J connectivity index is 0.00000289. The zero-order valence-electron chi connectivity index (χ0n) is 11.5. The standard InChI is InChI=1S/C12H22N2O3.ClH/c1-11(2,10(16)17-4)7-14-9(15)12(3)5-6-13-8-12;/h13H,5-8H2,1-4H3,(H,14,15);1H. The zero-order chi connectivity index (χ0) is 13.1. The van der Waals surface area contributed by atoms with Gasteiger partial charge in [-0.05, 0) is 33.7 Å². The van der Waals surface area contributed by atoms with Crippen LogP contribution in [0.4, 0.5) is 0 Å². The Bertz CT molecular complexity index is 312. The van der Waals surface area contributed by atoms with Crippen LogP contribution in [0.3, 0.4) is 0 Å². The maximum atomic E-state index is 12.0. The fourth-order valence-corrected chi connectivity index (χ4v) is 1.87. The van der Waals surface area contributed by atoms with Crippen LogP contribution in [0.15, 0.2) is 0 Å². The van der Waals surface area contributed by atoms with Gasteiger partial charge in [0.15, 0.2) is 0 Å². The first-order valence-electron chi connectivity index (χ1n) is 5.89. The fraction of sp³-hybridized carbons (Fsp3) is 0.833. The molecule has 18 heavy (non-hydrogen) atoms. The number of esters is 1. The molecule has 0 aromatic rings. The number of carbonyl (C=O) groups excluding carboxylic acids is 2. The predicted molar refractivity (Wildman–Crippen MR) is 71.6 cm³/mol. The van der Waals surface area contributed by atoms with E-state index in [-0.39, 0.29) is 29.7 Å². The topological polar surface area (TPSA) is 67.4 Å². The molecule has 5 nitrogen and oxygen atoms in total. The van der Waals surface area contributed by atoms with Gasteiger partial charge >= 0.3 is 5.97 Å². The van der Waals surface area contributed by atoms with Crippen LogP contribution in [0.1, 0.15) is 27.2 Å². The highest BCUT2D eigenvalue weighted by atomic mass is 35.5. The number of rotatable bonds is 4. The van der Waals surface area contributed by atoms with E-state index < -0.39 is 5.41 Å². The smallest absolute Gasteiger partial charge is 0.313 e. The van der Waals surface area contributed by atoms with Crippen molar-refractivity contribution in [1.29, 1.82) is 0 Å². The van der Waals surface area contributed by atoms with E-state index >= 15 is 0 Å². The minimum absolute atomic E-state index is 0. The molecule has 0 aromatic heterocycles. The minimum atomic E-state index is -0.688. The molecular weight excluding hydrogens is 256 g/mol. The highest BCUT2D eigenvalue weighted by Crippen LogP contribution is 2.25. The van der Waals surface area contributed by atoms with Crippen LogP contribution in [0.25, 0.3) is 0 Å². The van der Waals surface area contributed by atoms with E-state index in [1.54, 1.807) is 13.8 Å². The second kappa shape index (κ2) is 6.38. The van der Waals surface area contributed by atoms with E-state index in [1.807, 2.05) is 6.92 Å². The monoisotopic (exact) mass is 278 g/mol. The van der Waals surface area contributed by atoms with E-state index in [0.29, 0.717) is 13.1 Å². The summed E-state index contributed by atoms with van der Waals surface area (Å²) >= 11 is 0. The van der Waals surface area contributed by atoms with Gasteiger partial charge in [-0.1, -0.05) is 0 Å². The molecule has 0 aliphatic carbocycles. The van der Waals surface area contributed by atoms with Crippen molar-refractivity contribution in [2.75, 3.05) is 26.7 Å². The molecule has 106 valence electrons. The number of hydrogen-bond donors (Lipinski definition) is 2. The number of methoxy groups -OCH3 is 1. The van der Waals surface area contributed by atoms with Gasteiger partial charge < -0.3 is 15.4 Å². The lowest BCUT2D eigenvalue weighted by Crippen LogP contribution is -2.46. The van der Waals surface area contributed by atoms with Gasteiger partial charge in [-0.2, -0.15) is 0 Å². The molecule has 2 N–H and O–H groups in total. The summed E-state index contributed by atoms with van der Waals surface area (Å²) in [5.74, 6) is -0.313. The summed E-state index contributed by atoms with van der Waals surface area (Å²) in [7, 11) is 1.36. The Labute approximate surface area is 114 Å². The fourth-order valence-electron chi connectivity index (χ4n) is 1.87. The van der Waals surface area contributed by atoms with Crippen LogP contribution in [0.2, 0.25) is 0 Å². The Morgan fingerprint density at radius 1 is 1.44 bits per heavy atom. The quantitative estimate of drug-likeness (QED) is 0.744. The Morgan fingerprint density at radius 3 is 2.50 bits per heavy atom. The Morgan fingerprint density at radius 2 is 2.06 bits per heavy atom. The van der Waals surface area contributed by atoms with Crippen molar-refractivity contribution in [1.82, 2.24) is 10.6 Å².